The minimum atomic E-state index is 0.230. The van der Waals surface area contributed by atoms with Crippen LogP contribution in [0.5, 0.6) is 5.75 Å². The SMILES string of the molecule is COc1ccc(Nc2nc(NCc3ccco3)nc(N/N=C/c3ccc(-c4ccc(Cl)cc4)o3)n2)cc1. The average Bonchev–Trinajstić information content (AvgIpc) is 3.61. The molecule has 0 aliphatic rings. The summed E-state index contributed by atoms with van der Waals surface area (Å²) >= 11 is 5.96. The molecule has 2 aromatic carbocycles. The van der Waals surface area contributed by atoms with E-state index in [1.807, 2.05) is 72.8 Å². The Balaban J connectivity index is 1.31. The normalized spacial score (nSPS) is 11.0. The fourth-order valence-corrected chi connectivity index (χ4v) is 3.41. The Hall–Kier alpha value is -4.83. The third-order valence-corrected chi connectivity index (χ3v) is 5.35. The molecule has 0 fully saturated rings. The quantitative estimate of drug-likeness (QED) is 0.147. The zero-order chi connectivity index (χ0) is 25.5. The number of aromatic nitrogens is 3. The Morgan fingerprint density at radius 3 is 2.46 bits per heavy atom. The number of rotatable bonds is 10. The van der Waals surface area contributed by atoms with Gasteiger partial charge in [-0.1, -0.05) is 11.6 Å². The molecule has 0 saturated carbocycles. The fourth-order valence-electron chi connectivity index (χ4n) is 3.29. The van der Waals surface area contributed by atoms with Crippen LogP contribution in [0.4, 0.5) is 23.5 Å². The molecule has 0 radical (unpaired) electrons. The second-order valence-electron chi connectivity index (χ2n) is 7.67. The maximum atomic E-state index is 5.96. The van der Waals surface area contributed by atoms with Crippen molar-refractivity contribution in [3.05, 3.63) is 95.6 Å². The van der Waals surface area contributed by atoms with E-state index < -0.39 is 0 Å². The minimum absolute atomic E-state index is 0.230. The van der Waals surface area contributed by atoms with E-state index in [0.29, 0.717) is 35.0 Å². The highest BCUT2D eigenvalue weighted by molar-refractivity contribution is 6.30. The smallest absolute Gasteiger partial charge is 0.250 e. The number of anilines is 4. The maximum absolute atomic E-state index is 5.96. The van der Waals surface area contributed by atoms with Gasteiger partial charge in [-0.25, -0.2) is 5.43 Å². The van der Waals surface area contributed by atoms with Crippen LogP contribution in [-0.2, 0) is 6.54 Å². The molecule has 0 spiro atoms. The molecule has 5 rings (SSSR count). The fraction of sp³-hybridized carbons (Fsp3) is 0.0769. The van der Waals surface area contributed by atoms with Crippen LogP contribution in [0.3, 0.4) is 0 Å². The topological polar surface area (TPSA) is 123 Å². The van der Waals surface area contributed by atoms with Crippen LogP contribution >= 0.6 is 11.6 Å². The van der Waals surface area contributed by atoms with Crippen LogP contribution in [0.2, 0.25) is 5.02 Å². The zero-order valence-corrected chi connectivity index (χ0v) is 20.4. The van der Waals surface area contributed by atoms with E-state index in [-0.39, 0.29) is 5.95 Å². The van der Waals surface area contributed by atoms with Crippen molar-refractivity contribution in [2.75, 3.05) is 23.2 Å². The maximum Gasteiger partial charge on any atom is 0.250 e. The third-order valence-electron chi connectivity index (χ3n) is 5.09. The molecule has 3 heterocycles. The molecule has 5 aromatic rings. The third kappa shape index (κ3) is 6.44. The molecule has 3 N–H and O–H groups in total. The van der Waals surface area contributed by atoms with Crippen molar-refractivity contribution in [3.63, 3.8) is 0 Å². The van der Waals surface area contributed by atoms with Crippen LogP contribution in [0, 0.1) is 0 Å². The monoisotopic (exact) mass is 515 g/mol. The minimum Gasteiger partial charge on any atom is -0.497 e. The van der Waals surface area contributed by atoms with Gasteiger partial charge < -0.3 is 24.2 Å². The van der Waals surface area contributed by atoms with Crippen LogP contribution in [0.1, 0.15) is 11.5 Å². The Morgan fingerprint density at radius 1 is 0.919 bits per heavy atom. The second kappa shape index (κ2) is 11.3. The highest BCUT2D eigenvalue weighted by atomic mass is 35.5. The number of hydrogen-bond donors (Lipinski definition) is 3. The first kappa shape index (κ1) is 23.9. The van der Waals surface area contributed by atoms with Gasteiger partial charge in [-0.15, -0.1) is 0 Å². The molecule has 186 valence electrons. The largest absolute Gasteiger partial charge is 0.497 e. The molecule has 0 saturated heterocycles. The van der Waals surface area contributed by atoms with E-state index in [4.69, 9.17) is 25.2 Å². The molecular weight excluding hydrogens is 494 g/mol. The molecule has 0 unspecified atom stereocenters. The molecule has 0 aliphatic heterocycles. The van der Waals surface area contributed by atoms with Gasteiger partial charge in [-0.05, 0) is 72.8 Å². The van der Waals surface area contributed by atoms with Gasteiger partial charge in [0.25, 0.3) is 0 Å². The predicted octanol–water partition coefficient (Wildman–Crippen LogP) is 6.19. The predicted molar refractivity (Wildman–Crippen MR) is 143 cm³/mol. The highest BCUT2D eigenvalue weighted by Crippen LogP contribution is 2.23. The van der Waals surface area contributed by atoms with Crippen molar-refractivity contribution < 1.29 is 13.6 Å². The summed E-state index contributed by atoms with van der Waals surface area (Å²) in [6.45, 7) is 0.404. The van der Waals surface area contributed by atoms with Crippen molar-refractivity contribution in [2.24, 2.45) is 5.10 Å². The molecule has 3 aromatic heterocycles. The molecule has 0 amide bonds. The lowest BCUT2D eigenvalue weighted by Crippen LogP contribution is -2.09. The summed E-state index contributed by atoms with van der Waals surface area (Å²) in [5, 5.41) is 11.2. The van der Waals surface area contributed by atoms with Gasteiger partial charge in [0.15, 0.2) is 0 Å². The van der Waals surface area contributed by atoms with Gasteiger partial charge >= 0.3 is 0 Å². The van der Waals surface area contributed by atoms with E-state index >= 15 is 0 Å². The van der Waals surface area contributed by atoms with Gasteiger partial charge in [0.2, 0.25) is 17.8 Å². The highest BCUT2D eigenvalue weighted by Gasteiger charge is 2.09. The lowest BCUT2D eigenvalue weighted by atomic mass is 10.2. The van der Waals surface area contributed by atoms with Gasteiger partial charge in [0, 0.05) is 16.3 Å². The van der Waals surface area contributed by atoms with Crippen molar-refractivity contribution in [2.45, 2.75) is 6.54 Å². The number of methoxy groups -OCH3 is 1. The van der Waals surface area contributed by atoms with E-state index in [9.17, 15) is 0 Å². The molecule has 0 bridgehead atoms. The summed E-state index contributed by atoms with van der Waals surface area (Å²) in [5.74, 6) is 3.63. The summed E-state index contributed by atoms with van der Waals surface area (Å²) in [7, 11) is 1.62. The average molecular weight is 516 g/mol. The number of furan rings is 2. The van der Waals surface area contributed by atoms with E-state index in [2.05, 4.69) is 36.1 Å². The van der Waals surface area contributed by atoms with E-state index in [1.54, 1.807) is 13.4 Å². The number of hydrogen-bond acceptors (Lipinski definition) is 10. The summed E-state index contributed by atoms with van der Waals surface area (Å²) < 4.78 is 16.4. The van der Waals surface area contributed by atoms with E-state index in [0.717, 1.165) is 22.8 Å². The first-order chi connectivity index (χ1) is 18.1. The van der Waals surface area contributed by atoms with Crippen molar-refractivity contribution >= 4 is 41.3 Å². The molecular formula is C26H22ClN7O3. The summed E-state index contributed by atoms with van der Waals surface area (Å²) in [6, 6.07) is 22.1. The number of nitrogens with zero attached hydrogens (tertiary/aromatic N) is 4. The van der Waals surface area contributed by atoms with E-state index in [1.165, 1.54) is 6.21 Å². The molecule has 0 aliphatic carbocycles. The summed E-state index contributed by atoms with van der Waals surface area (Å²) in [5.41, 5.74) is 4.53. The van der Waals surface area contributed by atoms with Crippen molar-refractivity contribution in [1.82, 2.24) is 15.0 Å². The first-order valence-electron chi connectivity index (χ1n) is 11.2. The molecule has 37 heavy (non-hydrogen) atoms. The standard InChI is InChI=1S/C26H22ClN7O3/c1-35-20-10-8-19(9-11-20)30-25-31-24(28-15-21-3-2-14-36-21)32-26(33-25)34-29-16-22-12-13-23(37-22)17-4-6-18(27)7-5-17/h2-14,16H,15H2,1H3,(H3,28,30,31,32,33,34)/b29-16+. The number of hydrazone groups is 1. The number of ether oxygens (including phenoxy) is 1. The van der Waals surface area contributed by atoms with Crippen molar-refractivity contribution in [3.8, 4) is 17.1 Å². The van der Waals surface area contributed by atoms with Crippen molar-refractivity contribution in [1.29, 1.82) is 0 Å². The second-order valence-corrected chi connectivity index (χ2v) is 8.11. The van der Waals surface area contributed by atoms with Gasteiger partial charge in [-0.2, -0.15) is 20.1 Å². The van der Waals surface area contributed by atoms with Crippen LogP contribution < -0.4 is 20.8 Å². The lowest BCUT2D eigenvalue weighted by molar-refractivity contribution is 0.415. The summed E-state index contributed by atoms with van der Waals surface area (Å²) in [6.07, 6.45) is 3.14. The molecule has 10 nitrogen and oxygen atoms in total. The Morgan fingerprint density at radius 2 is 1.70 bits per heavy atom. The number of halogens is 1. The summed E-state index contributed by atoms with van der Waals surface area (Å²) in [4.78, 5) is 13.2. The first-order valence-corrected chi connectivity index (χ1v) is 11.6. The molecule has 0 atom stereocenters. The zero-order valence-electron chi connectivity index (χ0n) is 19.7. The van der Waals surface area contributed by atoms with Gasteiger partial charge in [-0.3, -0.25) is 0 Å². The lowest BCUT2D eigenvalue weighted by Gasteiger charge is -2.10. The van der Waals surface area contributed by atoms with Crippen LogP contribution in [0.15, 0.2) is 93.0 Å². The molecule has 11 heteroatoms. The number of benzene rings is 2. The Labute approximate surface area is 217 Å². The Kier molecular flexibility index (Phi) is 7.28. The van der Waals surface area contributed by atoms with Gasteiger partial charge in [0.05, 0.1) is 26.1 Å². The number of nitrogens with one attached hydrogen (secondary N) is 3. The van der Waals surface area contributed by atoms with Crippen LogP contribution in [0.25, 0.3) is 11.3 Å². The Bertz CT molecular complexity index is 1470. The van der Waals surface area contributed by atoms with Gasteiger partial charge in [0.1, 0.15) is 23.0 Å². The van der Waals surface area contributed by atoms with Crippen LogP contribution in [-0.4, -0.2) is 28.3 Å².